The van der Waals surface area contributed by atoms with Gasteiger partial charge in [-0.2, -0.15) is 18.4 Å². The SMILES string of the molecule is Cc1cccc(OC[C@@H](O)CNCCc2ccc(S(=O)(=O)NOC(=O)C(F)(F)F)cc2F)c1C#N. The van der Waals surface area contributed by atoms with Crippen LogP contribution in [0.5, 0.6) is 5.75 Å². The van der Waals surface area contributed by atoms with Gasteiger partial charge in [0.05, 0.1) is 10.5 Å². The molecule has 14 heteroatoms. The molecule has 0 aliphatic heterocycles. The van der Waals surface area contributed by atoms with E-state index in [0.29, 0.717) is 17.4 Å². The zero-order valence-electron chi connectivity index (χ0n) is 18.2. The molecule has 2 aromatic rings. The summed E-state index contributed by atoms with van der Waals surface area (Å²) >= 11 is 0. The standard InChI is InChI=1S/C21H21F4N3O6S/c1-13-3-2-4-19(17(13)10-26)33-12-15(29)11-27-8-7-14-5-6-16(9-18(14)22)35(31,32)28-34-20(30)21(23,24)25/h2-6,9,15,27-29H,7-8,11-12H2,1H3/t15-/m0/s1. The Balaban J connectivity index is 1.82. The van der Waals surface area contributed by atoms with Crippen LogP contribution in [0.25, 0.3) is 0 Å². The minimum absolute atomic E-state index is 0.0796. The number of carbonyl (C=O) groups is 1. The number of benzene rings is 2. The maximum absolute atomic E-state index is 14.3. The van der Waals surface area contributed by atoms with E-state index >= 15 is 0 Å². The van der Waals surface area contributed by atoms with E-state index in [1.807, 2.05) is 6.07 Å². The molecule has 0 fully saturated rings. The molecule has 0 amide bonds. The van der Waals surface area contributed by atoms with Crippen molar-refractivity contribution in [1.82, 2.24) is 10.2 Å². The monoisotopic (exact) mass is 519 g/mol. The van der Waals surface area contributed by atoms with Gasteiger partial charge in [-0.05, 0) is 54.1 Å². The second-order valence-corrected chi connectivity index (χ2v) is 8.85. The van der Waals surface area contributed by atoms with Crippen LogP contribution in [-0.2, 0) is 26.1 Å². The van der Waals surface area contributed by atoms with E-state index in [-0.39, 0.29) is 31.7 Å². The average Bonchev–Trinajstić information content (AvgIpc) is 2.79. The number of halogens is 4. The van der Waals surface area contributed by atoms with E-state index in [2.05, 4.69) is 10.2 Å². The third-order valence-electron chi connectivity index (χ3n) is 4.54. The molecule has 2 aromatic carbocycles. The summed E-state index contributed by atoms with van der Waals surface area (Å²) in [5.74, 6) is -3.39. The van der Waals surface area contributed by atoms with Crippen molar-refractivity contribution in [1.29, 1.82) is 5.26 Å². The summed E-state index contributed by atoms with van der Waals surface area (Å²) in [6.45, 7) is 1.92. The van der Waals surface area contributed by atoms with Crippen molar-refractivity contribution in [2.45, 2.75) is 30.5 Å². The largest absolute Gasteiger partial charge is 0.492 e. The Morgan fingerprint density at radius 3 is 2.60 bits per heavy atom. The molecular formula is C21H21F4N3O6S. The number of aliphatic hydroxyl groups excluding tert-OH is 1. The summed E-state index contributed by atoms with van der Waals surface area (Å²) in [6.07, 6.45) is -6.26. The fourth-order valence-electron chi connectivity index (χ4n) is 2.74. The van der Waals surface area contributed by atoms with E-state index in [1.165, 1.54) is 0 Å². The predicted molar refractivity (Wildman–Crippen MR) is 113 cm³/mol. The third-order valence-corrected chi connectivity index (χ3v) is 5.72. The quantitative estimate of drug-likeness (QED) is 0.233. The van der Waals surface area contributed by atoms with Crippen LogP contribution in [0, 0.1) is 24.1 Å². The second kappa shape index (κ2) is 11.9. The van der Waals surface area contributed by atoms with Crippen LogP contribution in [0.2, 0.25) is 0 Å². The lowest BCUT2D eigenvalue weighted by atomic mass is 10.1. The fourth-order valence-corrected chi connectivity index (χ4v) is 3.53. The first kappa shape index (κ1) is 28.0. The first-order chi connectivity index (χ1) is 16.3. The molecule has 9 nitrogen and oxygen atoms in total. The molecule has 190 valence electrons. The number of nitrogens with zero attached hydrogens (tertiary/aromatic N) is 1. The van der Waals surface area contributed by atoms with Crippen LogP contribution in [0.1, 0.15) is 16.7 Å². The summed E-state index contributed by atoms with van der Waals surface area (Å²) in [5.41, 5.74) is 1.19. The molecular weight excluding hydrogens is 498 g/mol. The Labute approximate surface area is 198 Å². The van der Waals surface area contributed by atoms with Gasteiger partial charge in [0, 0.05) is 6.54 Å². The Hall–Kier alpha value is -3.25. The molecule has 0 unspecified atom stereocenters. The summed E-state index contributed by atoms with van der Waals surface area (Å²) in [4.78, 5) is 14.3. The summed E-state index contributed by atoms with van der Waals surface area (Å²) in [6, 6.07) is 9.71. The van der Waals surface area contributed by atoms with Gasteiger partial charge in [-0.3, -0.25) is 0 Å². The van der Waals surface area contributed by atoms with Crippen molar-refractivity contribution >= 4 is 16.0 Å². The number of hydrogen-bond acceptors (Lipinski definition) is 8. The number of aryl methyl sites for hydroxylation is 1. The molecule has 3 N–H and O–H groups in total. The topological polar surface area (TPSA) is 138 Å². The summed E-state index contributed by atoms with van der Waals surface area (Å²) in [5, 5.41) is 22.1. The smallest absolute Gasteiger partial charge is 0.489 e. The van der Waals surface area contributed by atoms with Crippen LogP contribution in [0.4, 0.5) is 17.6 Å². The Morgan fingerprint density at radius 1 is 1.26 bits per heavy atom. The van der Waals surface area contributed by atoms with Crippen LogP contribution < -0.4 is 14.9 Å². The van der Waals surface area contributed by atoms with E-state index in [4.69, 9.17) is 4.74 Å². The van der Waals surface area contributed by atoms with Gasteiger partial charge in [0.15, 0.2) is 0 Å². The molecule has 0 aliphatic carbocycles. The normalized spacial score (nSPS) is 12.6. The van der Waals surface area contributed by atoms with Gasteiger partial charge in [0.25, 0.3) is 10.0 Å². The second-order valence-electron chi connectivity index (χ2n) is 7.21. The van der Waals surface area contributed by atoms with Gasteiger partial charge in [0.1, 0.15) is 30.3 Å². The summed E-state index contributed by atoms with van der Waals surface area (Å²) in [7, 11) is -4.74. The molecule has 0 heterocycles. The Morgan fingerprint density at radius 2 is 1.97 bits per heavy atom. The minimum Gasteiger partial charge on any atom is -0.489 e. The predicted octanol–water partition coefficient (Wildman–Crippen LogP) is 1.88. The maximum atomic E-state index is 14.3. The van der Waals surface area contributed by atoms with Crippen molar-refractivity contribution in [3.05, 3.63) is 58.9 Å². The highest BCUT2D eigenvalue weighted by Gasteiger charge is 2.42. The number of rotatable bonds is 11. The zero-order chi connectivity index (χ0) is 26.2. The van der Waals surface area contributed by atoms with Crippen LogP contribution >= 0.6 is 0 Å². The Bertz CT molecular complexity index is 1200. The molecule has 0 saturated heterocycles. The van der Waals surface area contributed by atoms with Gasteiger partial charge in [-0.25, -0.2) is 17.6 Å². The molecule has 0 radical (unpaired) electrons. The average molecular weight is 519 g/mol. The lowest BCUT2D eigenvalue weighted by Gasteiger charge is -2.15. The first-order valence-corrected chi connectivity index (χ1v) is 11.4. The molecule has 0 bridgehead atoms. The fraction of sp³-hybridized carbons (Fsp3) is 0.333. The number of sulfonamides is 1. The molecule has 2 rings (SSSR count). The van der Waals surface area contributed by atoms with Gasteiger partial charge in [0.2, 0.25) is 0 Å². The molecule has 0 spiro atoms. The number of alkyl halides is 3. The number of hydrogen-bond donors (Lipinski definition) is 3. The van der Waals surface area contributed by atoms with Gasteiger partial charge < -0.3 is 20.0 Å². The molecule has 0 saturated carbocycles. The lowest BCUT2D eigenvalue weighted by Crippen LogP contribution is -2.34. The number of nitrogens with one attached hydrogen (secondary N) is 2. The lowest BCUT2D eigenvalue weighted by molar-refractivity contribution is -0.203. The number of ether oxygens (including phenoxy) is 1. The highest BCUT2D eigenvalue weighted by atomic mass is 32.2. The van der Waals surface area contributed by atoms with E-state index < -0.39 is 39.0 Å². The van der Waals surface area contributed by atoms with Crippen molar-refractivity contribution in [2.24, 2.45) is 0 Å². The van der Waals surface area contributed by atoms with Crippen molar-refractivity contribution < 1.29 is 45.5 Å². The highest BCUT2D eigenvalue weighted by molar-refractivity contribution is 7.89. The van der Waals surface area contributed by atoms with Gasteiger partial charge in [-0.15, -0.1) is 0 Å². The van der Waals surface area contributed by atoms with Gasteiger partial charge >= 0.3 is 12.1 Å². The van der Waals surface area contributed by atoms with Crippen LogP contribution in [0.15, 0.2) is 41.3 Å². The maximum Gasteiger partial charge on any atom is 0.492 e. The van der Waals surface area contributed by atoms with E-state index in [9.17, 15) is 41.1 Å². The van der Waals surface area contributed by atoms with Crippen LogP contribution in [-0.4, -0.2) is 51.5 Å². The Kier molecular flexibility index (Phi) is 9.55. The number of nitriles is 1. The molecule has 35 heavy (non-hydrogen) atoms. The van der Waals surface area contributed by atoms with Crippen LogP contribution in [0.3, 0.4) is 0 Å². The highest BCUT2D eigenvalue weighted by Crippen LogP contribution is 2.21. The summed E-state index contributed by atoms with van der Waals surface area (Å²) < 4.78 is 79.8. The van der Waals surface area contributed by atoms with E-state index in [0.717, 1.165) is 22.6 Å². The van der Waals surface area contributed by atoms with Crippen molar-refractivity contribution in [3.63, 3.8) is 0 Å². The molecule has 0 aliphatic rings. The minimum atomic E-state index is -5.41. The third kappa shape index (κ3) is 8.18. The van der Waals surface area contributed by atoms with Crippen molar-refractivity contribution in [2.75, 3.05) is 19.7 Å². The van der Waals surface area contributed by atoms with Crippen molar-refractivity contribution in [3.8, 4) is 11.8 Å². The number of carbonyl (C=O) groups excluding carboxylic acids is 1. The number of aliphatic hydroxyl groups is 1. The first-order valence-electron chi connectivity index (χ1n) is 9.94. The zero-order valence-corrected chi connectivity index (χ0v) is 19.0. The van der Waals surface area contributed by atoms with Gasteiger partial charge in [-0.1, -0.05) is 18.2 Å². The molecule has 1 atom stereocenters. The van der Waals surface area contributed by atoms with E-state index in [1.54, 1.807) is 25.1 Å². The molecule has 0 aromatic heterocycles.